The highest BCUT2D eigenvalue weighted by atomic mass is 16.5. The van der Waals surface area contributed by atoms with E-state index in [0.29, 0.717) is 18.1 Å². The van der Waals surface area contributed by atoms with Crippen LogP contribution in [0.1, 0.15) is 41.0 Å². The molecule has 72 valence electrons. The second-order valence-corrected chi connectivity index (χ2v) is 4.37. The molecule has 0 aromatic heterocycles. The molecule has 5 atom stereocenters. The standard InChI is InChI=1S/C11H22O/c1-6-11-9(4)7(2)8(3)10(5)12-11/h7-11H,6H2,1-5H3/t7-,8+,9-,10-,11-/m1/s1. The molecule has 1 nitrogen and oxygen atoms in total. The van der Waals surface area contributed by atoms with Crippen LogP contribution in [0.25, 0.3) is 0 Å². The molecule has 1 heterocycles. The Bertz CT molecular complexity index is 139. The normalized spacial score (nSPS) is 49.2. The highest BCUT2D eigenvalue weighted by Gasteiger charge is 2.35. The van der Waals surface area contributed by atoms with Crippen LogP contribution < -0.4 is 0 Å². The molecule has 1 aliphatic heterocycles. The van der Waals surface area contributed by atoms with Crippen molar-refractivity contribution in [1.82, 2.24) is 0 Å². The molecule has 0 aliphatic carbocycles. The maximum Gasteiger partial charge on any atom is 0.0604 e. The van der Waals surface area contributed by atoms with Gasteiger partial charge in [-0.2, -0.15) is 0 Å². The van der Waals surface area contributed by atoms with Gasteiger partial charge in [-0.3, -0.25) is 0 Å². The largest absolute Gasteiger partial charge is 0.375 e. The first-order valence-electron chi connectivity index (χ1n) is 5.23. The average Bonchev–Trinajstić information content (AvgIpc) is 2.08. The molecule has 1 fully saturated rings. The Hall–Kier alpha value is -0.0400. The minimum absolute atomic E-state index is 0.446. The van der Waals surface area contributed by atoms with Crippen LogP contribution in [0.2, 0.25) is 0 Å². The predicted octanol–water partition coefficient (Wildman–Crippen LogP) is 3.09. The van der Waals surface area contributed by atoms with Gasteiger partial charge in [-0.15, -0.1) is 0 Å². The Morgan fingerprint density at radius 2 is 1.50 bits per heavy atom. The summed E-state index contributed by atoms with van der Waals surface area (Å²) >= 11 is 0. The van der Waals surface area contributed by atoms with Crippen molar-refractivity contribution in [2.75, 3.05) is 0 Å². The Balaban J connectivity index is 2.63. The van der Waals surface area contributed by atoms with Crippen LogP contribution in [-0.2, 0) is 4.74 Å². The van der Waals surface area contributed by atoms with E-state index in [9.17, 15) is 0 Å². The fourth-order valence-corrected chi connectivity index (χ4v) is 2.24. The summed E-state index contributed by atoms with van der Waals surface area (Å²) in [5.41, 5.74) is 0. The van der Waals surface area contributed by atoms with E-state index < -0.39 is 0 Å². The molecule has 0 aromatic rings. The van der Waals surface area contributed by atoms with Crippen molar-refractivity contribution < 1.29 is 4.74 Å². The monoisotopic (exact) mass is 170 g/mol. The maximum atomic E-state index is 5.93. The van der Waals surface area contributed by atoms with Gasteiger partial charge in [0, 0.05) is 0 Å². The van der Waals surface area contributed by atoms with Gasteiger partial charge in [-0.05, 0) is 31.1 Å². The molecule has 1 heteroatoms. The first-order chi connectivity index (χ1) is 5.57. The lowest BCUT2D eigenvalue weighted by atomic mass is 9.76. The van der Waals surface area contributed by atoms with Crippen LogP contribution >= 0.6 is 0 Å². The molecule has 0 amide bonds. The zero-order valence-electron chi connectivity index (χ0n) is 9.00. The van der Waals surface area contributed by atoms with E-state index in [1.807, 2.05) is 0 Å². The number of hydrogen-bond donors (Lipinski definition) is 0. The zero-order chi connectivity index (χ0) is 9.30. The van der Waals surface area contributed by atoms with Gasteiger partial charge >= 0.3 is 0 Å². The van der Waals surface area contributed by atoms with Crippen molar-refractivity contribution in [3.63, 3.8) is 0 Å². The highest BCUT2D eigenvalue weighted by molar-refractivity contribution is 4.83. The van der Waals surface area contributed by atoms with Gasteiger partial charge in [0.25, 0.3) is 0 Å². The third kappa shape index (κ3) is 1.66. The second kappa shape index (κ2) is 3.78. The van der Waals surface area contributed by atoms with E-state index in [0.717, 1.165) is 18.3 Å². The lowest BCUT2D eigenvalue weighted by Gasteiger charge is -2.42. The fourth-order valence-electron chi connectivity index (χ4n) is 2.24. The summed E-state index contributed by atoms with van der Waals surface area (Å²) in [6, 6.07) is 0. The molecule has 0 saturated carbocycles. The minimum atomic E-state index is 0.446. The van der Waals surface area contributed by atoms with Gasteiger partial charge in [0.05, 0.1) is 12.2 Å². The Morgan fingerprint density at radius 3 is 2.00 bits per heavy atom. The third-order valence-corrected chi connectivity index (χ3v) is 3.78. The molecular formula is C11H22O. The second-order valence-electron chi connectivity index (χ2n) is 4.37. The van der Waals surface area contributed by atoms with E-state index in [1.54, 1.807) is 0 Å². The summed E-state index contributed by atoms with van der Waals surface area (Å²) in [4.78, 5) is 0. The molecular weight excluding hydrogens is 148 g/mol. The van der Waals surface area contributed by atoms with Crippen molar-refractivity contribution >= 4 is 0 Å². The van der Waals surface area contributed by atoms with Crippen molar-refractivity contribution in [1.29, 1.82) is 0 Å². The quantitative estimate of drug-likeness (QED) is 0.587. The van der Waals surface area contributed by atoms with Crippen LogP contribution in [0.15, 0.2) is 0 Å². The molecule has 0 radical (unpaired) electrons. The van der Waals surface area contributed by atoms with Crippen molar-refractivity contribution in [3.8, 4) is 0 Å². The maximum absolute atomic E-state index is 5.93. The van der Waals surface area contributed by atoms with Crippen LogP contribution in [0, 0.1) is 17.8 Å². The summed E-state index contributed by atoms with van der Waals surface area (Å²) < 4.78 is 5.93. The Labute approximate surface area is 76.5 Å². The minimum Gasteiger partial charge on any atom is -0.375 e. The van der Waals surface area contributed by atoms with Crippen LogP contribution in [0.5, 0.6) is 0 Å². The van der Waals surface area contributed by atoms with E-state index >= 15 is 0 Å². The zero-order valence-corrected chi connectivity index (χ0v) is 9.00. The smallest absolute Gasteiger partial charge is 0.0604 e. The predicted molar refractivity (Wildman–Crippen MR) is 52.1 cm³/mol. The Kier molecular flexibility index (Phi) is 3.16. The van der Waals surface area contributed by atoms with Crippen molar-refractivity contribution in [3.05, 3.63) is 0 Å². The summed E-state index contributed by atoms with van der Waals surface area (Å²) in [5.74, 6) is 2.24. The summed E-state index contributed by atoms with van der Waals surface area (Å²) in [6.45, 7) is 11.4. The van der Waals surface area contributed by atoms with Gasteiger partial charge < -0.3 is 4.74 Å². The molecule has 0 N–H and O–H groups in total. The fraction of sp³-hybridized carbons (Fsp3) is 1.00. The molecule has 1 saturated heterocycles. The average molecular weight is 170 g/mol. The molecule has 12 heavy (non-hydrogen) atoms. The molecule has 0 aromatic carbocycles. The van der Waals surface area contributed by atoms with Gasteiger partial charge in [-0.1, -0.05) is 27.7 Å². The number of rotatable bonds is 1. The highest BCUT2D eigenvalue weighted by Crippen LogP contribution is 2.35. The summed E-state index contributed by atoms with van der Waals surface area (Å²) in [6.07, 6.45) is 2.09. The van der Waals surface area contributed by atoms with E-state index in [4.69, 9.17) is 4.74 Å². The molecule has 0 spiro atoms. The van der Waals surface area contributed by atoms with Crippen molar-refractivity contribution in [2.45, 2.75) is 53.2 Å². The van der Waals surface area contributed by atoms with Crippen LogP contribution in [0.4, 0.5) is 0 Å². The molecule has 1 rings (SSSR count). The van der Waals surface area contributed by atoms with Gasteiger partial charge in [0.15, 0.2) is 0 Å². The lowest BCUT2D eigenvalue weighted by Crippen LogP contribution is -2.42. The van der Waals surface area contributed by atoms with Gasteiger partial charge in [0.1, 0.15) is 0 Å². The lowest BCUT2D eigenvalue weighted by molar-refractivity contribution is -0.125. The summed E-state index contributed by atoms with van der Waals surface area (Å²) in [7, 11) is 0. The van der Waals surface area contributed by atoms with Crippen molar-refractivity contribution in [2.24, 2.45) is 17.8 Å². The van der Waals surface area contributed by atoms with Gasteiger partial charge in [-0.25, -0.2) is 0 Å². The molecule has 0 bridgehead atoms. The first-order valence-corrected chi connectivity index (χ1v) is 5.23. The Morgan fingerprint density at radius 1 is 0.917 bits per heavy atom. The van der Waals surface area contributed by atoms with Crippen LogP contribution in [0.3, 0.4) is 0 Å². The molecule has 1 aliphatic rings. The number of ether oxygens (including phenoxy) is 1. The van der Waals surface area contributed by atoms with E-state index in [2.05, 4.69) is 34.6 Å². The summed E-state index contributed by atoms with van der Waals surface area (Å²) in [5, 5.41) is 0. The van der Waals surface area contributed by atoms with Crippen LogP contribution in [-0.4, -0.2) is 12.2 Å². The van der Waals surface area contributed by atoms with E-state index in [-0.39, 0.29) is 0 Å². The van der Waals surface area contributed by atoms with E-state index in [1.165, 1.54) is 0 Å². The first kappa shape index (κ1) is 10.0. The molecule has 0 unspecified atom stereocenters. The number of hydrogen-bond acceptors (Lipinski definition) is 1. The topological polar surface area (TPSA) is 9.23 Å². The third-order valence-electron chi connectivity index (χ3n) is 3.78. The van der Waals surface area contributed by atoms with Gasteiger partial charge in [0.2, 0.25) is 0 Å². The SMILES string of the molecule is CC[C@H]1O[C@H](C)[C@@H](C)[C@@H](C)[C@H]1C.